The van der Waals surface area contributed by atoms with Crippen LogP contribution in [0.1, 0.15) is 40.2 Å². The fourth-order valence-corrected chi connectivity index (χ4v) is 1.78. The number of hydrogen-bond acceptors (Lipinski definition) is 3. The lowest BCUT2D eigenvalue weighted by Gasteiger charge is -2.22. The molecule has 0 saturated carbocycles. The molecule has 0 aliphatic rings. The van der Waals surface area contributed by atoms with Gasteiger partial charge in [-0.15, -0.1) is 12.4 Å². The minimum absolute atomic E-state index is 0. The summed E-state index contributed by atoms with van der Waals surface area (Å²) in [6, 6.07) is 7.06. The number of carbonyl (C=O) groups excluding carboxylic acids is 2. The van der Waals surface area contributed by atoms with E-state index in [4.69, 9.17) is 0 Å². The minimum Gasteiger partial charge on any atom is -0.344 e. The van der Waals surface area contributed by atoms with Gasteiger partial charge in [0, 0.05) is 17.6 Å². The topological polar surface area (TPSA) is 70.2 Å². The molecule has 0 aromatic heterocycles. The van der Waals surface area contributed by atoms with Gasteiger partial charge in [-0.3, -0.25) is 9.59 Å². The first-order valence-corrected chi connectivity index (χ1v) is 7.66. The van der Waals surface area contributed by atoms with Crippen molar-refractivity contribution in [3.05, 3.63) is 29.8 Å². The number of rotatable bonds is 6. The Hall–Kier alpha value is -1.59. The molecule has 23 heavy (non-hydrogen) atoms. The fraction of sp³-hybridized carbons (Fsp3) is 0.529. The summed E-state index contributed by atoms with van der Waals surface area (Å²) < 4.78 is 0. The number of para-hydroxylation sites is 1. The Morgan fingerprint density at radius 1 is 1.17 bits per heavy atom. The van der Waals surface area contributed by atoms with Crippen molar-refractivity contribution in [2.24, 2.45) is 5.41 Å². The lowest BCUT2D eigenvalue weighted by molar-refractivity contribution is -0.131. The molecular formula is C17H28ClN3O2. The molecule has 1 rings (SSSR count). The molecule has 0 bridgehead atoms. The van der Waals surface area contributed by atoms with Crippen molar-refractivity contribution in [3.8, 4) is 0 Å². The van der Waals surface area contributed by atoms with Crippen molar-refractivity contribution in [2.45, 2.75) is 47.2 Å². The van der Waals surface area contributed by atoms with Crippen molar-refractivity contribution in [2.75, 3.05) is 11.9 Å². The van der Waals surface area contributed by atoms with Crippen LogP contribution in [-0.2, 0) is 16.1 Å². The van der Waals surface area contributed by atoms with Gasteiger partial charge < -0.3 is 16.0 Å². The van der Waals surface area contributed by atoms with Gasteiger partial charge in [0.25, 0.3) is 0 Å². The van der Waals surface area contributed by atoms with Gasteiger partial charge in [-0.1, -0.05) is 45.9 Å². The Labute approximate surface area is 145 Å². The maximum Gasteiger partial charge on any atom is 0.246 e. The third-order valence-electron chi connectivity index (χ3n) is 3.26. The molecule has 1 atom stereocenters. The van der Waals surface area contributed by atoms with Gasteiger partial charge in [0.2, 0.25) is 11.8 Å². The van der Waals surface area contributed by atoms with E-state index in [-0.39, 0.29) is 24.2 Å². The summed E-state index contributed by atoms with van der Waals surface area (Å²) in [6.07, 6.45) is 0. The zero-order chi connectivity index (χ0) is 16.8. The molecule has 0 heterocycles. The van der Waals surface area contributed by atoms with Gasteiger partial charge in [-0.25, -0.2) is 0 Å². The predicted molar refractivity (Wildman–Crippen MR) is 96.8 cm³/mol. The van der Waals surface area contributed by atoms with Crippen LogP contribution >= 0.6 is 12.4 Å². The summed E-state index contributed by atoms with van der Waals surface area (Å²) in [4.78, 5) is 24.2. The smallest absolute Gasteiger partial charge is 0.246 e. The third-order valence-corrected chi connectivity index (χ3v) is 3.26. The number of benzene rings is 1. The first-order chi connectivity index (χ1) is 10.3. The molecule has 0 spiro atoms. The van der Waals surface area contributed by atoms with Crippen LogP contribution < -0.4 is 16.0 Å². The van der Waals surface area contributed by atoms with E-state index in [0.29, 0.717) is 6.54 Å². The Morgan fingerprint density at radius 3 is 2.35 bits per heavy atom. The quantitative estimate of drug-likeness (QED) is 0.745. The highest BCUT2D eigenvalue weighted by atomic mass is 35.5. The second-order valence-corrected chi connectivity index (χ2v) is 6.37. The molecule has 0 aliphatic heterocycles. The summed E-state index contributed by atoms with van der Waals surface area (Å²) in [6.45, 7) is 10.7. The van der Waals surface area contributed by atoms with E-state index in [1.54, 1.807) is 6.92 Å². The number of nitrogens with one attached hydrogen (secondary N) is 3. The first-order valence-electron chi connectivity index (χ1n) is 7.66. The van der Waals surface area contributed by atoms with Crippen molar-refractivity contribution in [1.29, 1.82) is 0 Å². The monoisotopic (exact) mass is 341 g/mol. The van der Waals surface area contributed by atoms with E-state index in [1.165, 1.54) is 0 Å². The van der Waals surface area contributed by atoms with Crippen LogP contribution in [0.25, 0.3) is 0 Å². The Morgan fingerprint density at radius 2 is 1.78 bits per heavy atom. The lowest BCUT2D eigenvalue weighted by Crippen LogP contribution is -2.46. The Balaban J connectivity index is 0.00000484. The van der Waals surface area contributed by atoms with E-state index >= 15 is 0 Å². The average Bonchev–Trinajstić information content (AvgIpc) is 2.45. The van der Waals surface area contributed by atoms with Crippen LogP contribution in [0.3, 0.4) is 0 Å². The number of carbonyl (C=O) groups is 2. The summed E-state index contributed by atoms with van der Waals surface area (Å²) in [5, 5.41) is 8.86. The normalized spacial score (nSPS) is 12.0. The summed E-state index contributed by atoms with van der Waals surface area (Å²) in [7, 11) is 0. The van der Waals surface area contributed by atoms with Crippen LogP contribution in [0.2, 0.25) is 0 Å². The fourth-order valence-electron chi connectivity index (χ4n) is 1.78. The first kappa shape index (κ1) is 21.4. The lowest BCUT2D eigenvalue weighted by atomic mass is 9.95. The van der Waals surface area contributed by atoms with Gasteiger partial charge in [-0.2, -0.15) is 0 Å². The molecule has 0 saturated heterocycles. The zero-order valence-corrected chi connectivity index (χ0v) is 15.3. The van der Waals surface area contributed by atoms with Crippen LogP contribution in [0.5, 0.6) is 0 Å². The van der Waals surface area contributed by atoms with Gasteiger partial charge in [0.1, 0.15) is 6.04 Å². The van der Waals surface area contributed by atoms with Crippen molar-refractivity contribution in [1.82, 2.24) is 10.6 Å². The summed E-state index contributed by atoms with van der Waals surface area (Å²) >= 11 is 0. The third kappa shape index (κ3) is 7.01. The van der Waals surface area contributed by atoms with E-state index in [1.807, 2.05) is 52.0 Å². The number of hydrogen-bond donors (Lipinski definition) is 3. The molecule has 6 heteroatoms. The second kappa shape index (κ2) is 9.53. The van der Waals surface area contributed by atoms with Crippen molar-refractivity contribution in [3.63, 3.8) is 0 Å². The van der Waals surface area contributed by atoms with E-state index in [0.717, 1.165) is 17.8 Å². The van der Waals surface area contributed by atoms with Crippen LogP contribution in [0.15, 0.2) is 24.3 Å². The highest BCUT2D eigenvalue weighted by Gasteiger charge is 2.25. The molecule has 1 unspecified atom stereocenters. The van der Waals surface area contributed by atoms with Gasteiger partial charge in [-0.05, 0) is 25.1 Å². The number of amides is 2. The molecule has 3 N–H and O–H groups in total. The molecule has 5 nitrogen and oxygen atoms in total. The molecule has 0 radical (unpaired) electrons. The number of anilines is 1. The highest BCUT2D eigenvalue weighted by molar-refractivity contribution is 5.98. The predicted octanol–water partition coefficient (Wildman–Crippen LogP) is 2.71. The molecule has 2 amide bonds. The van der Waals surface area contributed by atoms with Crippen LogP contribution in [0, 0.1) is 5.41 Å². The molecule has 0 fully saturated rings. The highest BCUT2D eigenvalue weighted by Crippen LogP contribution is 2.16. The second-order valence-electron chi connectivity index (χ2n) is 6.37. The molecule has 1 aromatic rings. The maximum atomic E-state index is 12.3. The Kier molecular flexibility index (Phi) is 8.87. The SMILES string of the molecule is CCNCc1ccccc1NC(=O)C(C)NC(=O)C(C)(C)C.Cl. The number of halogens is 1. The minimum atomic E-state index is -0.584. The van der Waals surface area contributed by atoms with Crippen molar-refractivity contribution < 1.29 is 9.59 Å². The van der Waals surface area contributed by atoms with Crippen LogP contribution in [0.4, 0.5) is 5.69 Å². The zero-order valence-electron chi connectivity index (χ0n) is 14.5. The molecule has 130 valence electrons. The van der Waals surface area contributed by atoms with E-state index in [9.17, 15) is 9.59 Å². The van der Waals surface area contributed by atoms with Gasteiger partial charge in [0.15, 0.2) is 0 Å². The maximum absolute atomic E-state index is 12.3. The van der Waals surface area contributed by atoms with Gasteiger partial charge in [0.05, 0.1) is 0 Å². The standard InChI is InChI=1S/C17H27N3O2.ClH/c1-6-18-11-13-9-7-8-10-14(13)20-15(21)12(2)19-16(22)17(3,4)5;/h7-10,12,18H,6,11H2,1-5H3,(H,19,22)(H,20,21);1H. The van der Waals surface area contributed by atoms with E-state index in [2.05, 4.69) is 16.0 Å². The Bertz CT molecular complexity index is 527. The molecule has 0 aliphatic carbocycles. The van der Waals surface area contributed by atoms with E-state index < -0.39 is 11.5 Å². The summed E-state index contributed by atoms with van der Waals surface area (Å²) in [5.74, 6) is -0.363. The molecule has 1 aromatic carbocycles. The van der Waals surface area contributed by atoms with Crippen LogP contribution in [-0.4, -0.2) is 24.4 Å². The molecular weight excluding hydrogens is 314 g/mol. The summed E-state index contributed by atoms with van der Waals surface area (Å²) in [5.41, 5.74) is 1.27. The van der Waals surface area contributed by atoms with Crippen molar-refractivity contribution >= 4 is 29.9 Å². The largest absolute Gasteiger partial charge is 0.344 e. The van der Waals surface area contributed by atoms with Gasteiger partial charge >= 0.3 is 0 Å². The average molecular weight is 342 g/mol.